The van der Waals surface area contributed by atoms with Gasteiger partial charge < -0.3 is 15.5 Å². The average Bonchev–Trinajstić information content (AvgIpc) is 2.95. The number of hydrogen-bond donors (Lipinski definition) is 2. The first kappa shape index (κ1) is 26.3. The van der Waals surface area contributed by atoms with Crippen molar-refractivity contribution in [1.29, 1.82) is 0 Å². The summed E-state index contributed by atoms with van der Waals surface area (Å²) >= 11 is 12.0. The lowest BCUT2D eigenvalue weighted by atomic mass is 10.2. The number of nitrogens with one attached hydrogen (secondary N) is 2. The summed E-state index contributed by atoms with van der Waals surface area (Å²) in [6, 6.07) is 5.18. The summed E-state index contributed by atoms with van der Waals surface area (Å²) in [4.78, 5) is 18.5. The maximum absolute atomic E-state index is 12.0. The lowest BCUT2D eigenvalue weighted by Crippen LogP contribution is -2.39. The number of carbonyl (C=O) groups excluding carboxylic acids is 1. The van der Waals surface area contributed by atoms with Crippen LogP contribution in [0.3, 0.4) is 0 Å². The van der Waals surface area contributed by atoms with Crippen LogP contribution in [0.4, 0.5) is 0 Å². The highest BCUT2D eigenvalue weighted by molar-refractivity contribution is 14.0. The molecule has 2 N–H and O–H groups in total. The maximum atomic E-state index is 12.0. The van der Waals surface area contributed by atoms with Crippen LogP contribution in [0.25, 0.3) is 0 Å². The minimum absolute atomic E-state index is 0. The van der Waals surface area contributed by atoms with Crippen molar-refractivity contribution in [2.24, 2.45) is 4.99 Å². The third-order valence-electron chi connectivity index (χ3n) is 4.30. The lowest BCUT2D eigenvalue weighted by molar-refractivity contribution is -0.121. The van der Waals surface area contributed by atoms with E-state index in [1.54, 1.807) is 6.07 Å². The van der Waals surface area contributed by atoms with Gasteiger partial charge in [0.15, 0.2) is 15.8 Å². The van der Waals surface area contributed by atoms with E-state index in [0.29, 0.717) is 42.1 Å². The van der Waals surface area contributed by atoms with Gasteiger partial charge in [-0.1, -0.05) is 29.3 Å². The van der Waals surface area contributed by atoms with Crippen LogP contribution in [0.2, 0.25) is 10.0 Å². The van der Waals surface area contributed by atoms with Crippen molar-refractivity contribution >= 4 is 68.9 Å². The van der Waals surface area contributed by atoms with Gasteiger partial charge in [0.05, 0.1) is 28.1 Å². The summed E-state index contributed by atoms with van der Waals surface area (Å²) in [5, 5.41) is 6.97. The van der Waals surface area contributed by atoms with Gasteiger partial charge in [-0.15, -0.1) is 24.0 Å². The molecule has 1 amide bonds. The molecule has 1 heterocycles. The zero-order valence-corrected chi connectivity index (χ0v) is 21.1. The number of guanidine groups is 1. The fraction of sp³-hybridized carbons (Fsp3) is 0.556. The Morgan fingerprint density at radius 3 is 2.62 bits per heavy atom. The van der Waals surface area contributed by atoms with Crippen molar-refractivity contribution in [2.45, 2.75) is 32.4 Å². The van der Waals surface area contributed by atoms with Crippen molar-refractivity contribution < 1.29 is 13.2 Å². The Morgan fingerprint density at radius 1 is 1.31 bits per heavy atom. The molecule has 1 fully saturated rings. The average molecular weight is 577 g/mol. The second-order valence-corrected chi connectivity index (χ2v) is 9.80. The molecule has 11 heteroatoms. The summed E-state index contributed by atoms with van der Waals surface area (Å²) < 4.78 is 22.9. The van der Waals surface area contributed by atoms with E-state index in [1.165, 1.54) is 0 Å². The highest BCUT2D eigenvalue weighted by Crippen LogP contribution is 2.23. The van der Waals surface area contributed by atoms with Crippen molar-refractivity contribution in [3.05, 3.63) is 33.8 Å². The van der Waals surface area contributed by atoms with Gasteiger partial charge in [-0.25, -0.2) is 8.42 Å². The Hall–Kier alpha value is -0.780. The SMILES string of the molecule is CCNC(=NCCC(=O)NC1CCS(=O)(=O)C1)N(C)Cc1ccc(Cl)c(Cl)c1.I. The number of halogens is 3. The first-order valence-corrected chi connectivity index (χ1v) is 11.7. The van der Waals surface area contributed by atoms with Crippen molar-refractivity contribution in [3.63, 3.8) is 0 Å². The standard InChI is InChI=1S/C18H26Cl2N4O3S.HI/c1-3-21-18(24(2)11-13-4-5-15(19)16(20)10-13)22-8-6-17(25)23-14-7-9-28(26,27)12-14;/h4-5,10,14H,3,6-9,11-12H2,1-2H3,(H,21,22)(H,23,25);1H. The van der Waals surface area contributed by atoms with Gasteiger partial charge in [-0.3, -0.25) is 9.79 Å². The lowest BCUT2D eigenvalue weighted by Gasteiger charge is -2.22. The van der Waals surface area contributed by atoms with Crippen molar-refractivity contribution in [1.82, 2.24) is 15.5 Å². The van der Waals surface area contributed by atoms with E-state index in [2.05, 4.69) is 15.6 Å². The van der Waals surface area contributed by atoms with Gasteiger partial charge in [-0.2, -0.15) is 0 Å². The molecule has 1 aliphatic heterocycles. The second-order valence-electron chi connectivity index (χ2n) is 6.76. The molecule has 7 nitrogen and oxygen atoms in total. The first-order valence-electron chi connectivity index (χ1n) is 9.13. The molecule has 0 spiro atoms. The normalized spacial score (nSPS) is 18.1. The molecule has 1 aromatic rings. The van der Waals surface area contributed by atoms with Gasteiger partial charge in [-0.05, 0) is 31.0 Å². The molecule has 0 radical (unpaired) electrons. The number of benzene rings is 1. The van der Waals surface area contributed by atoms with Crippen molar-refractivity contribution in [2.75, 3.05) is 31.6 Å². The Labute approximate surface area is 199 Å². The number of rotatable bonds is 7. The van der Waals surface area contributed by atoms with Crippen LogP contribution in [0.15, 0.2) is 23.2 Å². The number of aliphatic imine (C=N–C) groups is 1. The van der Waals surface area contributed by atoms with E-state index in [0.717, 1.165) is 5.56 Å². The van der Waals surface area contributed by atoms with Gasteiger partial charge in [0, 0.05) is 32.6 Å². The topological polar surface area (TPSA) is 90.9 Å². The smallest absolute Gasteiger partial charge is 0.222 e. The Kier molecular flexibility index (Phi) is 11.0. The molecule has 0 aliphatic carbocycles. The number of carbonyl (C=O) groups is 1. The predicted molar refractivity (Wildman–Crippen MR) is 129 cm³/mol. The highest BCUT2D eigenvalue weighted by atomic mass is 127. The Balaban J connectivity index is 0.00000420. The van der Waals surface area contributed by atoms with Crippen LogP contribution >= 0.6 is 47.2 Å². The second kappa shape index (κ2) is 12.2. The van der Waals surface area contributed by atoms with Gasteiger partial charge >= 0.3 is 0 Å². The van der Waals surface area contributed by atoms with Crippen LogP contribution in [0, 0.1) is 0 Å². The zero-order valence-electron chi connectivity index (χ0n) is 16.5. The van der Waals surface area contributed by atoms with E-state index in [-0.39, 0.29) is 53.9 Å². The molecule has 1 aromatic carbocycles. The minimum Gasteiger partial charge on any atom is -0.357 e. The Bertz CT molecular complexity index is 836. The molecule has 1 atom stereocenters. The minimum atomic E-state index is -3.01. The number of nitrogens with zero attached hydrogens (tertiary/aromatic N) is 2. The summed E-state index contributed by atoms with van der Waals surface area (Å²) in [7, 11) is -1.11. The third-order valence-corrected chi connectivity index (χ3v) is 6.81. The molecule has 164 valence electrons. The van der Waals surface area contributed by atoms with Crippen LogP contribution in [0.5, 0.6) is 0 Å². The van der Waals surface area contributed by atoms with E-state index >= 15 is 0 Å². The van der Waals surface area contributed by atoms with E-state index < -0.39 is 9.84 Å². The molecule has 2 rings (SSSR count). The molecule has 1 unspecified atom stereocenters. The largest absolute Gasteiger partial charge is 0.357 e. The molecule has 0 saturated carbocycles. The number of sulfone groups is 1. The van der Waals surface area contributed by atoms with Crippen LogP contribution in [-0.4, -0.2) is 62.9 Å². The molecule has 1 saturated heterocycles. The van der Waals surface area contributed by atoms with Gasteiger partial charge in [0.25, 0.3) is 0 Å². The third kappa shape index (κ3) is 8.85. The molecule has 0 aromatic heterocycles. The highest BCUT2D eigenvalue weighted by Gasteiger charge is 2.28. The molecule has 29 heavy (non-hydrogen) atoms. The van der Waals surface area contributed by atoms with Gasteiger partial charge in [0.2, 0.25) is 5.91 Å². The van der Waals surface area contributed by atoms with Crippen molar-refractivity contribution in [3.8, 4) is 0 Å². The maximum Gasteiger partial charge on any atom is 0.222 e. The predicted octanol–water partition coefficient (Wildman–Crippen LogP) is 2.70. The molecule has 1 aliphatic rings. The number of amides is 1. The van der Waals surface area contributed by atoms with E-state index in [9.17, 15) is 13.2 Å². The molecule has 0 bridgehead atoms. The first-order chi connectivity index (χ1) is 13.2. The van der Waals surface area contributed by atoms with Crippen LogP contribution < -0.4 is 10.6 Å². The van der Waals surface area contributed by atoms with Crippen LogP contribution in [-0.2, 0) is 21.2 Å². The summed E-state index contributed by atoms with van der Waals surface area (Å²) in [5.74, 6) is 0.649. The zero-order chi connectivity index (χ0) is 20.7. The summed E-state index contributed by atoms with van der Waals surface area (Å²) in [6.07, 6.45) is 0.679. The molecular weight excluding hydrogens is 550 g/mol. The molecular formula is C18H27Cl2IN4O3S. The van der Waals surface area contributed by atoms with E-state index in [1.807, 2.05) is 31.0 Å². The van der Waals surface area contributed by atoms with Crippen LogP contribution in [0.1, 0.15) is 25.3 Å². The fourth-order valence-electron chi connectivity index (χ4n) is 2.93. The monoisotopic (exact) mass is 576 g/mol. The summed E-state index contributed by atoms with van der Waals surface area (Å²) in [5.41, 5.74) is 0.989. The summed E-state index contributed by atoms with van der Waals surface area (Å²) in [6.45, 7) is 3.54. The quantitative estimate of drug-likeness (QED) is 0.296. The van der Waals surface area contributed by atoms with E-state index in [4.69, 9.17) is 23.2 Å². The van der Waals surface area contributed by atoms with Gasteiger partial charge in [0.1, 0.15) is 0 Å². The Morgan fingerprint density at radius 2 is 2.03 bits per heavy atom. The number of hydrogen-bond acceptors (Lipinski definition) is 4. The fourth-order valence-corrected chi connectivity index (χ4v) is 4.92.